The van der Waals surface area contributed by atoms with Crippen LogP contribution >= 0.6 is 0 Å². The molecule has 0 saturated heterocycles. The van der Waals surface area contributed by atoms with Gasteiger partial charge in [0.1, 0.15) is 31.4 Å². The fourth-order valence-corrected chi connectivity index (χ4v) is 4.29. The highest BCUT2D eigenvalue weighted by Crippen LogP contribution is 2.29. The summed E-state index contributed by atoms with van der Waals surface area (Å²) in [6, 6.07) is 31.7. The molecule has 2 atom stereocenters. The van der Waals surface area contributed by atoms with E-state index in [1.165, 1.54) is 13.0 Å². The molecule has 2 amide bonds. The number of hydrogen-bond donors (Lipinski definition) is 4. The third-order valence-corrected chi connectivity index (χ3v) is 6.88. The van der Waals surface area contributed by atoms with Crippen molar-refractivity contribution in [2.24, 2.45) is 0 Å². The number of amides is 2. The third-order valence-electron chi connectivity index (χ3n) is 6.88. The number of rotatable bonds is 14. The molecular formula is C35H37N3O7. The minimum absolute atomic E-state index is 0.0249. The highest BCUT2D eigenvalue weighted by atomic mass is 16.5. The Kier molecular flexibility index (Phi) is 11.5. The van der Waals surface area contributed by atoms with E-state index in [0.29, 0.717) is 5.56 Å². The van der Waals surface area contributed by atoms with Gasteiger partial charge in [-0.15, -0.1) is 0 Å². The van der Waals surface area contributed by atoms with Crippen LogP contribution in [-0.4, -0.2) is 34.7 Å². The van der Waals surface area contributed by atoms with Crippen molar-refractivity contribution in [3.63, 3.8) is 0 Å². The maximum atomic E-state index is 13.5. The second-order valence-corrected chi connectivity index (χ2v) is 10.7. The summed E-state index contributed by atoms with van der Waals surface area (Å²) < 4.78 is 16.7. The van der Waals surface area contributed by atoms with Gasteiger partial charge in [-0.25, -0.2) is 15.0 Å². The number of carbonyl (C=O) groups is 3. The molecule has 4 aromatic carbocycles. The largest absolute Gasteiger partial charge is 0.504 e. The normalized spacial score (nSPS) is 12.7. The molecule has 0 saturated carbocycles. The van der Waals surface area contributed by atoms with E-state index in [2.05, 4.69) is 16.2 Å². The smallest absolute Gasteiger partial charge is 0.408 e. The number of phenols is 1. The standard InChI is InChI=1S/C35H37N3O7/c1-25(36-34(42)45-24-28-16-10-5-11-17-28)32(40)37-38-35(2,33(41)44-23-27-14-8-4-9-15-27)21-29-18-19-30(39)31(20-29)43-22-26-12-6-3-7-13-26/h3-20,25,38-39H,21-24H2,1-2H3,(H,36,42)(H,37,40)/t25-,35?/m0/s1. The van der Waals surface area contributed by atoms with Crippen LogP contribution in [0, 0.1) is 0 Å². The minimum Gasteiger partial charge on any atom is -0.504 e. The van der Waals surface area contributed by atoms with Crippen LogP contribution in [0.25, 0.3) is 0 Å². The first kappa shape index (κ1) is 32.6. The zero-order valence-corrected chi connectivity index (χ0v) is 25.2. The van der Waals surface area contributed by atoms with Crippen molar-refractivity contribution in [2.75, 3.05) is 0 Å². The molecular weight excluding hydrogens is 574 g/mol. The molecule has 4 aromatic rings. The number of aromatic hydroxyl groups is 1. The van der Waals surface area contributed by atoms with E-state index in [0.717, 1.165) is 16.7 Å². The summed E-state index contributed by atoms with van der Waals surface area (Å²) in [7, 11) is 0. The van der Waals surface area contributed by atoms with Crippen LogP contribution in [0.5, 0.6) is 11.5 Å². The van der Waals surface area contributed by atoms with E-state index in [1.54, 1.807) is 19.1 Å². The number of hydrazine groups is 1. The van der Waals surface area contributed by atoms with Crippen LogP contribution in [0.4, 0.5) is 4.79 Å². The first-order valence-electron chi connectivity index (χ1n) is 14.5. The molecule has 0 aliphatic heterocycles. The number of carbonyl (C=O) groups excluding carboxylic acids is 3. The Hall–Kier alpha value is -5.35. The monoisotopic (exact) mass is 611 g/mol. The van der Waals surface area contributed by atoms with Gasteiger partial charge >= 0.3 is 12.1 Å². The maximum Gasteiger partial charge on any atom is 0.408 e. The Balaban J connectivity index is 1.41. The average Bonchev–Trinajstić information content (AvgIpc) is 3.06. The van der Waals surface area contributed by atoms with Gasteiger partial charge in [0, 0.05) is 6.42 Å². The second kappa shape index (κ2) is 15.9. The quantitative estimate of drug-likeness (QED) is 0.116. The Labute approximate surface area is 262 Å². The number of benzene rings is 4. The van der Waals surface area contributed by atoms with Crippen molar-refractivity contribution in [3.05, 3.63) is 131 Å². The summed E-state index contributed by atoms with van der Waals surface area (Å²) in [5.41, 5.74) is 7.05. The summed E-state index contributed by atoms with van der Waals surface area (Å²) in [4.78, 5) is 38.7. The molecule has 0 radical (unpaired) electrons. The van der Waals surface area contributed by atoms with Gasteiger partial charge in [-0.1, -0.05) is 97.1 Å². The van der Waals surface area contributed by atoms with Crippen LogP contribution in [0.1, 0.15) is 36.1 Å². The van der Waals surface area contributed by atoms with Crippen LogP contribution in [0.3, 0.4) is 0 Å². The van der Waals surface area contributed by atoms with Crippen molar-refractivity contribution >= 4 is 18.0 Å². The van der Waals surface area contributed by atoms with E-state index < -0.39 is 29.6 Å². The summed E-state index contributed by atoms with van der Waals surface area (Å²) in [6.07, 6.45) is -0.706. The molecule has 1 unspecified atom stereocenters. The van der Waals surface area contributed by atoms with Crippen molar-refractivity contribution in [1.82, 2.24) is 16.2 Å². The van der Waals surface area contributed by atoms with Gasteiger partial charge < -0.3 is 24.6 Å². The van der Waals surface area contributed by atoms with Crippen LogP contribution in [0.2, 0.25) is 0 Å². The lowest BCUT2D eigenvalue weighted by atomic mass is 9.93. The Bertz CT molecular complexity index is 1550. The zero-order valence-electron chi connectivity index (χ0n) is 25.2. The zero-order chi connectivity index (χ0) is 32.1. The highest BCUT2D eigenvalue weighted by Gasteiger charge is 2.36. The lowest BCUT2D eigenvalue weighted by molar-refractivity contribution is -0.153. The van der Waals surface area contributed by atoms with Gasteiger partial charge in [0.05, 0.1) is 0 Å². The topological polar surface area (TPSA) is 135 Å². The van der Waals surface area contributed by atoms with Gasteiger partial charge in [0.2, 0.25) is 0 Å². The molecule has 4 N–H and O–H groups in total. The molecule has 4 rings (SSSR count). The SMILES string of the molecule is C[C@H](NC(=O)OCc1ccccc1)C(=O)NNC(C)(Cc1ccc(O)c(OCc2ccccc2)c1)C(=O)OCc1ccccc1. The molecule has 10 heteroatoms. The first-order chi connectivity index (χ1) is 21.7. The van der Waals surface area contributed by atoms with E-state index >= 15 is 0 Å². The molecule has 0 heterocycles. The Morgan fingerprint density at radius 2 is 1.27 bits per heavy atom. The third kappa shape index (κ3) is 10.1. The van der Waals surface area contributed by atoms with Gasteiger partial charge in [-0.2, -0.15) is 0 Å². The molecule has 0 bridgehead atoms. The predicted octanol–water partition coefficient (Wildman–Crippen LogP) is 4.95. The van der Waals surface area contributed by atoms with Gasteiger partial charge in [-0.3, -0.25) is 10.2 Å². The fraction of sp³-hybridized carbons (Fsp3) is 0.229. The lowest BCUT2D eigenvalue weighted by Gasteiger charge is -2.30. The average molecular weight is 612 g/mol. The van der Waals surface area contributed by atoms with Gasteiger partial charge in [0.25, 0.3) is 5.91 Å². The van der Waals surface area contributed by atoms with Crippen molar-refractivity contribution < 1.29 is 33.7 Å². The molecule has 45 heavy (non-hydrogen) atoms. The number of phenolic OH excluding ortho intramolecular Hbond substituents is 1. The van der Waals surface area contributed by atoms with Crippen molar-refractivity contribution in [3.8, 4) is 11.5 Å². The van der Waals surface area contributed by atoms with E-state index in [9.17, 15) is 19.5 Å². The molecule has 0 spiro atoms. The van der Waals surface area contributed by atoms with Gasteiger partial charge in [-0.05, 0) is 48.2 Å². The van der Waals surface area contributed by atoms with Crippen LogP contribution in [0.15, 0.2) is 109 Å². The molecule has 0 aliphatic rings. The van der Waals surface area contributed by atoms with Gasteiger partial charge in [0.15, 0.2) is 11.5 Å². The molecule has 0 aliphatic carbocycles. The minimum atomic E-state index is -1.45. The van der Waals surface area contributed by atoms with E-state index in [4.69, 9.17) is 14.2 Å². The summed E-state index contributed by atoms with van der Waals surface area (Å²) >= 11 is 0. The second-order valence-electron chi connectivity index (χ2n) is 10.7. The Morgan fingerprint density at radius 1 is 0.733 bits per heavy atom. The van der Waals surface area contributed by atoms with Crippen molar-refractivity contribution in [2.45, 2.75) is 51.7 Å². The van der Waals surface area contributed by atoms with E-state index in [-0.39, 0.29) is 37.7 Å². The fourth-order valence-electron chi connectivity index (χ4n) is 4.29. The molecule has 234 valence electrons. The van der Waals surface area contributed by atoms with Crippen LogP contribution < -0.4 is 20.9 Å². The number of ether oxygens (including phenoxy) is 3. The molecule has 10 nitrogen and oxygen atoms in total. The highest BCUT2D eigenvalue weighted by molar-refractivity contribution is 5.86. The lowest BCUT2D eigenvalue weighted by Crippen LogP contribution is -2.61. The first-order valence-corrected chi connectivity index (χ1v) is 14.5. The van der Waals surface area contributed by atoms with Crippen molar-refractivity contribution in [1.29, 1.82) is 0 Å². The van der Waals surface area contributed by atoms with E-state index in [1.807, 2.05) is 91.0 Å². The van der Waals surface area contributed by atoms with Crippen LogP contribution in [-0.2, 0) is 45.3 Å². The number of alkyl carbamates (subject to hydrolysis) is 1. The summed E-state index contributed by atoms with van der Waals surface area (Å²) in [5, 5.41) is 12.9. The summed E-state index contributed by atoms with van der Waals surface area (Å²) in [5.74, 6) is -1.05. The molecule has 0 fully saturated rings. The number of nitrogens with one attached hydrogen (secondary N) is 3. The number of esters is 1. The predicted molar refractivity (Wildman–Crippen MR) is 168 cm³/mol. The summed E-state index contributed by atoms with van der Waals surface area (Å²) in [6.45, 7) is 3.39. The maximum absolute atomic E-state index is 13.5. The Morgan fingerprint density at radius 3 is 1.84 bits per heavy atom. The number of hydrogen-bond acceptors (Lipinski definition) is 8. The molecule has 0 aromatic heterocycles.